The molecular formula is B3La. The molecule has 0 fully saturated rings. The van der Waals surface area contributed by atoms with E-state index >= 15 is 0 Å². The van der Waals surface area contributed by atoms with Gasteiger partial charge in [0.25, 0.3) is 0 Å². The summed E-state index contributed by atoms with van der Waals surface area (Å²) in [5.74, 6) is 0. The topological polar surface area (TPSA) is 0 Å². The van der Waals surface area contributed by atoms with Gasteiger partial charge in [0.05, 0.1) is 0 Å². The van der Waals surface area contributed by atoms with Crippen LogP contribution in [-0.2, 0) is 0 Å². The van der Waals surface area contributed by atoms with Gasteiger partial charge in [-0.15, -0.1) is 0 Å². The summed E-state index contributed by atoms with van der Waals surface area (Å²) >= 11 is 0. The molecule has 0 amide bonds. The first-order valence-corrected chi connectivity index (χ1v) is 0. The maximum atomic E-state index is 0. The third kappa shape index (κ3) is 10.0. The van der Waals surface area contributed by atoms with Crippen molar-refractivity contribution in [3.05, 3.63) is 0 Å². The molecule has 0 unspecified atom stereocenters. The van der Waals surface area contributed by atoms with Crippen LogP contribution < -0.4 is 0 Å². The van der Waals surface area contributed by atoms with E-state index in [1.165, 1.54) is 0 Å². The van der Waals surface area contributed by atoms with Crippen LogP contribution in [0.2, 0.25) is 0 Å². The minimum Gasteiger partial charge on any atom is -1.00 e. The Labute approximate surface area is 60.4 Å². The summed E-state index contributed by atoms with van der Waals surface area (Å²) in [6.45, 7) is 0. The monoisotopic (exact) mass is 172 g/mol. The van der Waals surface area contributed by atoms with Crippen molar-refractivity contribution in [2.24, 2.45) is 0 Å². The van der Waals surface area contributed by atoms with Gasteiger partial charge in [-0.05, 0) is 0 Å². The van der Waals surface area contributed by atoms with Crippen LogP contribution in [-0.4, -0.2) is 25.2 Å². The molecule has 4 heavy (non-hydrogen) atoms. The van der Waals surface area contributed by atoms with Crippen molar-refractivity contribution in [2.75, 3.05) is 0 Å². The van der Waals surface area contributed by atoms with Gasteiger partial charge in [0.1, 0.15) is 0 Å². The van der Waals surface area contributed by atoms with Crippen LogP contribution in [0.1, 0.15) is 0 Å². The smallest absolute Gasteiger partial charge is 1.00 e. The summed E-state index contributed by atoms with van der Waals surface area (Å²) in [7, 11) is 0. The zero-order valence-electron chi connectivity index (χ0n) is 2.31. The van der Waals surface area contributed by atoms with Crippen LogP contribution in [0.4, 0.5) is 0 Å². The number of hydrogen-bond acceptors (Lipinski definition) is 0. The first kappa shape index (κ1) is 53.8. The minimum atomic E-state index is 0. The summed E-state index contributed by atoms with van der Waals surface area (Å²) in [6, 6.07) is 0. The Kier molecular flexibility index (Phi) is 351. The van der Waals surface area contributed by atoms with Gasteiger partial charge in [-0.1, -0.05) is 0 Å². The summed E-state index contributed by atoms with van der Waals surface area (Å²) in [5, 5.41) is 0. The van der Waals surface area contributed by atoms with Crippen LogP contribution in [0.3, 0.4) is 0 Å². The van der Waals surface area contributed by atoms with E-state index in [1.807, 2.05) is 0 Å². The Morgan fingerprint density at radius 3 is 0.500 bits per heavy atom. The van der Waals surface area contributed by atoms with E-state index in [4.69, 9.17) is 0 Å². The Morgan fingerprint density at radius 2 is 0.500 bits per heavy atom. The van der Waals surface area contributed by atoms with Gasteiger partial charge >= 0.3 is 35.6 Å². The molecule has 0 nitrogen and oxygen atoms in total. The molecule has 0 saturated heterocycles. The van der Waals surface area contributed by atoms with E-state index in [0.717, 1.165) is 0 Å². The molecule has 0 bridgehead atoms. The fourth-order valence-electron chi connectivity index (χ4n) is 0. The van der Waals surface area contributed by atoms with E-state index in [1.54, 1.807) is 0 Å². The average Bonchev–Trinajstić information content (AvgIpc) is 0. The average molecular weight is 171 g/mol. The SMILES string of the molecule is [B-].[B-].[B-].[La+3]. The van der Waals surface area contributed by atoms with Gasteiger partial charge in [0, 0.05) is 0 Å². The second-order valence-corrected chi connectivity index (χ2v) is 0. The summed E-state index contributed by atoms with van der Waals surface area (Å²) in [5.41, 5.74) is 0. The van der Waals surface area contributed by atoms with Crippen molar-refractivity contribution in [3.8, 4) is 0 Å². The fraction of sp³-hybridized carbons (Fsp3) is 0. The summed E-state index contributed by atoms with van der Waals surface area (Å²) in [6.07, 6.45) is 0. The Hall–Kier alpha value is 1.39. The molecule has 12 valence electrons. The summed E-state index contributed by atoms with van der Waals surface area (Å²) < 4.78 is 0. The molecule has 12 radical (unpaired) electrons. The van der Waals surface area contributed by atoms with Crippen LogP contribution in [0.25, 0.3) is 0 Å². The van der Waals surface area contributed by atoms with Crippen LogP contribution >= 0.6 is 0 Å². The molecule has 0 aromatic rings. The Morgan fingerprint density at radius 1 is 0.500 bits per heavy atom. The number of rotatable bonds is 0. The first-order valence-electron chi connectivity index (χ1n) is 0. The zero-order valence-corrected chi connectivity index (χ0v) is 5.94. The molecule has 0 aliphatic heterocycles. The molecule has 0 saturated carbocycles. The van der Waals surface area contributed by atoms with Crippen molar-refractivity contribution in [2.45, 2.75) is 0 Å². The van der Waals surface area contributed by atoms with Crippen LogP contribution in [0.5, 0.6) is 0 Å². The normalized spacial score (nSPS) is 0. The molecule has 0 heterocycles. The van der Waals surface area contributed by atoms with Gasteiger partial charge in [-0.3, -0.25) is 0 Å². The van der Waals surface area contributed by atoms with Crippen LogP contribution in [0, 0.1) is 35.6 Å². The molecule has 0 spiro atoms. The first-order chi connectivity index (χ1) is 0. The van der Waals surface area contributed by atoms with E-state index < -0.39 is 0 Å². The van der Waals surface area contributed by atoms with Crippen molar-refractivity contribution < 1.29 is 35.6 Å². The van der Waals surface area contributed by atoms with Gasteiger partial charge in [-0.2, -0.15) is 0 Å². The van der Waals surface area contributed by atoms with Crippen molar-refractivity contribution >= 4 is 25.2 Å². The molecule has 0 atom stereocenters. The summed E-state index contributed by atoms with van der Waals surface area (Å²) in [4.78, 5) is 0. The molecule has 0 aromatic heterocycles. The predicted molar refractivity (Wildman–Crippen MR) is 17.3 cm³/mol. The minimum absolute atomic E-state index is 0. The van der Waals surface area contributed by atoms with Crippen molar-refractivity contribution in [3.63, 3.8) is 0 Å². The van der Waals surface area contributed by atoms with E-state index in [2.05, 4.69) is 0 Å². The molecular weight excluding hydrogens is 171 g/mol. The molecule has 0 aromatic carbocycles. The van der Waals surface area contributed by atoms with E-state index in [-0.39, 0.29) is 60.8 Å². The standard InChI is InChI=1S/3B.La/q3*-1;+3. The van der Waals surface area contributed by atoms with Gasteiger partial charge in [0.2, 0.25) is 0 Å². The maximum absolute atomic E-state index is 0. The quantitative estimate of drug-likeness (QED) is 0.404. The van der Waals surface area contributed by atoms with Gasteiger partial charge in [0.15, 0.2) is 0 Å². The molecule has 0 N–H and O–H groups in total. The van der Waals surface area contributed by atoms with E-state index in [9.17, 15) is 0 Å². The van der Waals surface area contributed by atoms with E-state index in [0.29, 0.717) is 0 Å². The Balaban J connectivity index is 0. The van der Waals surface area contributed by atoms with Gasteiger partial charge in [-0.25, -0.2) is 0 Å². The third-order valence-electron chi connectivity index (χ3n) is 0. The molecule has 0 aliphatic carbocycles. The van der Waals surface area contributed by atoms with Crippen LogP contribution in [0.15, 0.2) is 0 Å². The molecule has 0 rings (SSSR count). The van der Waals surface area contributed by atoms with Gasteiger partial charge < -0.3 is 25.2 Å². The largest absolute Gasteiger partial charge is 3.00 e. The second-order valence-electron chi connectivity index (χ2n) is 0. The van der Waals surface area contributed by atoms with Crippen molar-refractivity contribution in [1.29, 1.82) is 0 Å². The molecule has 0 aliphatic rings. The Bertz CT molecular complexity index is 3.25. The second kappa shape index (κ2) is 26.1. The molecule has 4 heteroatoms. The van der Waals surface area contributed by atoms with Crippen molar-refractivity contribution in [1.82, 2.24) is 0 Å². The fourth-order valence-corrected chi connectivity index (χ4v) is 0. The third-order valence-corrected chi connectivity index (χ3v) is 0. The predicted octanol–water partition coefficient (Wildman–Crippen LogP) is -1.14. The number of hydrogen-bond donors (Lipinski definition) is 0. The maximum Gasteiger partial charge on any atom is 3.00 e. The zero-order chi connectivity index (χ0) is 0.